The van der Waals surface area contributed by atoms with Crippen LogP contribution in [-0.4, -0.2) is 12.0 Å². The second-order valence-electron chi connectivity index (χ2n) is 3.93. The summed E-state index contributed by atoms with van der Waals surface area (Å²) in [6.45, 7) is 2.11. The molecule has 2 heteroatoms. The first-order valence-electron chi connectivity index (χ1n) is 5.39. The SMILES string of the molecule is COC1(Sc2ccccc2)C=C(C)C=CC1. The summed E-state index contributed by atoms with van der Waals surface area (Å²) >= 11 is 1.77. The van der Waals surface area contributed by atoms with Crippen LogP contribution >= 0.6 is 11.8 Å². The van der Waals surface area contributed by atoms with Crippen molar-refractivity contribution in [3.8, 4) is 0 Å². The molecule has 1 aliphatic rings. The molecule has 0 amide bonds. The Morgan fingerprint density at radius 3 is 2.62 bits per heavy atom. The standard InChI is InChI=1S/C14H16OS/c1-12-7-6-10-14(11-12,15-2)16-13-8-4-3-5-9-13/h3-9,11H,10H2,1-2H3. The topological polar surface area (TPSA) is 9.23 Å². The van der Waals surface area contributed by atoms with Crippen LogP contribution in [0.1, 0.15) is 13.3 Å². The molecule has 0 bridgehead atoms. The fourth-order valence-corrected chi connectivity index (χ4v) is 3.01. The average Bonchev–Trinajstić information content (AvgIpc) is 2.30. The Balaban J connectivity index is 2.21. The lowest BCUT2D eigenvalue weighted by atomic mass is 10.1. The Bertz CT molecular complexity index is 408. The number of rotatable bonds is 3. The molecule has 0 aromatic heterocycles. The number of hydrogen-bond donors (Lipinski definition) is 0. The highest BCUT2D eigenvalue weighted by molar-refractivity contribution is 8.00. The minimum absolute atomic E-state index is 0.236. The van der Waals surface area contributed by atoms with E-state index >= 15 is 0 Å². The van der Waals surface area contributed by atoms with Crippen LogP contribution in [0, 0.1) is 0 Å². The second kappa shape index (κ2) is 4.89. The fraction of sp³-hybridized carbons (Fsp3) is 0.286. The van der Waals surface area contributed by atoms with E-state index in [1.165, 1.54) is 10.5 Å². The van der Waals surface area contributed by atoms with E-state index in [2.05, 4.69) is 49.4 Å². The van der Waals surface area contributed by atoms with E-state index in [4.69, 9.17) is 4.74 Å². The summed E-state index contributed by atoms with van der Waals surface area (Å²) in [4.78, 5) is 1.00. The van der Waals surface area contributed by atoms with Crippen molar-refractivity contribution in [1.29, 1.82) is 0 Å². The van der Waals surface area contributed by atoms with Crippen LogP contribution in [-0.2, 0) is 4.74 Å². The molecular weight excluding hydrogens is 216 g/mol. The molecule has 84 valence electrons. The summed E-state index contributed by atoms with van der Waals surface area (Å²) in [6, 6.07) is 10.4. The zero-order valence-electron chi connectivity index (χ0n) is 9.64. The third-order valence-corrected chi connectivity index (χ3v) is 3.91. The zero-order valence-corrected chi connectivity index (χ0v) is 10.5. The van der Waals surface area contributed by atoms with Crippen molar-refractivity contribution in [1.82, 2.24) is 0 Å². The Morgan fingerprint density at radius 1 is 1.25 bits per heavy atom. The van der Waals surface area contributed by atoms with Crippen LogP contribution in [0.15, 0.2) is 59.0 Å². The first-order chi connectivity index (χ1) is 7.74. The minimum Gasteiger partial charge on any atom is -0.363 e. The van der Waals surface area contributed by atoms with Gasteiger partial charge in [0.05, 0.1) is 0 Å². The van der Waals surface area contributed by atoms with Gasteiger partial charge in [-0.15, -0.1) is 0 Å². The van der Waals surface area contributed by atoms with E-state index in [0.29, 0.717) is 0 Å². The molecular formula is C14H16OS. The molecule has 2 rings (SSSR count). The molecule has 1 unspecified atom stereocenters. The average molecular weight is 232 g/mol. The van der Waals surface area contributed by atoms with Crippen LogP contribution in [0.3, 0.4) is 0 Å². The monoisotopic (exact) mass is 232 g/mol. The lowest BCUT2D eigenvalue weighted by Gasteiger charge is -2.30. The van der Waals surface area contributed by atoms with Crippen LogP contribution < -0.4 is 0 Å². The van der Waals surface area contributed by atoms with E-state index in [9.17, 15) is 0 Å². The summed E-state index contributed by atoms with van der Waals surface area (Å²) in [6.07, 6.45) is 7.43. The third-order valence-electron chi connectivity index (χ3n) is 2.61. The summed E-state index contributed by atoms with van der Waals surface area (Å²) < 4.78 is 5.69. The first-order valence-corrected chi connectivity index (χ1v) is 6.21. The van der Waals surface area contributed by atoms with Crippen molar-refractivity contribution in [2.24, 2.45) is 0 Å². The fourth-order valence-electron chi connectivity index (χ4n) is 1.81. The first kappa shape index (κ1) is 11.5. The van der Waals surface area contributed by atoms with Gasteiger partial charge in [-0.1, -0.05) is 47.7 Å². The van der Waals surface area contributed by atoms with Gasteiger partial charge in [-0.05, 0) is 25.1 Å². The molecule has 0 saturated heterocycles. The highest BCUT2D eigenvalue weighted by Crippen LogP contribution is 2.40. The minimum atomic E-state index is -0.236. The van der Waals surface area contributed by atoms with E-state index in [1.54, 1.807) is 18.9 Å². The van der Waals surface area contributed by atoms with Gasteiger partial charge in [0.1, 0.15) is 4.93 Å². The summed E-state index contributed by atoms with van der Waals surface area (Å²) in [7, 11) is 1.78. The molecule has 1 nitrogen and oxygen atoms in total. The summed E-state index contributed by atoms with van der Waals surface area (Å²) in [5.41, 5.74) is 1.26. The molecule has 1 aromatic carbocycles. The number of allylic oxidation sites excluding steroid dienone is 2. The molecule has 0 heterocycles. The van der Waals surface area contributed by atoms with Crippen molar-refractivity contribution in [2.75, 3.05) is 7.11 Å². The maximum atomic E-state index is 5.69. The van der Waals surface area contributed by atoms with Crippen LogP contribution in [0.2, 0.25) is 0 Å². The molecule has 0 aliphatic heterocycles. The van der Waals surface area contributed by atoms with E-state index in [1.807, 2.05) is 6.07 Å². The summed E-state index contributed by atoms with van der Waals surface area (Å²) in [5.74, 6) is 0. The van der Waals surface area contributed by atoms with E-state index in [-0.39, 0.29) is 4.93 Å². The van der Waals surface area contributed by atoms with Gasteiger partial charge in [0, 0.05) is 18.4 Å². The normalized spacial score (nSPS) is 24.2. The summed E-state index contributed by atoms with van der Waals surface area (Å²) in [5, 5.41) is 0. The molecule has 1 aliphatic carbocycles. The Hall–Kier alpha value is -0.990. The number of hydrogen-bond acceptors (Lipinski definition) is 2. The molecule has 1 atom stereocenters. The lowest BCUT2D eigenvalue weighted by Crippen LogP contribution is -2.25. The van der Waals surface area contributed by atoms with Gasteiger partial charge < -0.3 is 4.74 Å². The van der Waals surface area contributed by atoms with Gasteiger partial charge in [-0.3, -0.25) is 0 Å². The van der Waals surface area contributed by atoms with Crippen LogP contribution in [0.4, 0.5) is 0 Å². The van der Waals surface area contributed by atoms with Gasteiger partial charge in [-0.25, -0.2) is 0 Å². The maximum Gasteiger partial charge on any atom is 0.140 e. The van der Waals surface area contributed by atoms with Crippen molar-refractivity contribution < 1.29 is 4.74 Å². The number of benzene rings is 1. The van der Waals surface area contributed by atoms with Gasteiger partial charge in [0.15, 0.2) is 0 Å². The van der Waals surface area contributed by atoms with Crippen molar-refractivity contribution in [2.45, 2.75) is 23.2 Å². The van der Waals surface area contributed by atoms with Gasteiger partial charge in [0.2, 0.25) is 0 Å². The Kier molecular flexibility index (Phi) is 3.52. The number of thioether (sulfide) groups is 1. The molecule has 1 aromatic rings. The molecule has 0 spiro atoms. The van der Waals surface area contributed by atoms with Crippen molar-refractivity contribution in [3.05, 3.63) is 54.1 Å². The largest absolute Gasteiger partial charge is 0.363 e. The lowest BCUT2D eigenvalue weighted by molar-refractivity contribution is 0.112. The van der Waals surface area contributed by atoms with Gasteiger partial charge >= 0.3 is 0 Å². The molecule has 0 N–H and O–H groups in total. The van der Waals surface area contributed by atoms with Crippen molar-refractivity contribution >= 4 is 11.8 Å². The number of methoxy groups -OCH3 is 1. The Morgan fingerprint density at radius 2 is 2.00 bits per heavy atom. The van der Waals surface area contributed by atoms with Crippen molar-refractivity contribution in [3.63, 3.8) is 0 Å². The second-order valence-corrected chi connectivity index (χ2v) is 5.29. The van der Waals surface area contributed by atoms with Crippen LogP contribution in [0.25, 0.3) is 0 Å². The number of ether oxygens (including phenoxy) is 1. The maximum absolute atomic E-state index is 5.69. The van der Waals surface area contributed by atoms with E-state index in [0.717, 1.165) is 6.42 Å². The van der Waals surface area contributed by atoms with Gasteiger partial charge in [-0.2, -0.15) is 0 Å². The quantitative estimate of drug-likeness (QED) is 0.728. The van der Waals surface area contributed by atoms with E-state index < -0.39 is 0 Å². The highest BCUT2D eigenvalue weighted by Gasteiger charge is 2.29. The van der Waals surface area contributed by atoms with Crippen LogP contribution in [0.5, 0.6) is 0 Å². The third kappa shape index (κ3) is 2.57. The predicted molar refractivity (Wildman–Crippen MR) is 69.6 cm³/mol. The zero-order chi connectivity index (χ0) is 11.4. The molecule has 0 fully saturated rings. The molecule has 16 heavy (non-hydrogen) atoms. The Labute approximate surface area is 101 Å². The smallest absolute Gasteiger partial charge is 0.140 e. The molecule has 0 saturated carbocycles. The predicted octanol–water partition coefficient (Wildman–Crippen LogP) is 4.03. The molecule has 0 radical (unpaired) electrons. The highest BCUT2D eigenvalue weighted by atomic mass is 32.2. The van der Waals surface area contributed by atoms with Gasteiger partial charge in [0.25, 0.3) is 0 Å².